The van der Waals surface area contributed by atoms with Crippen LogP contribution in [-0.4, -0.2) is 30.3 Å². The zero-order valence-electron chi connectivity index (χ0n) is 13.9. The van der Waals surface area contributed by atoms with Gasteiger partial charge in [-0.1, -0.05) is 0 Å². The van der Waals surface area contributed by atoms with Gasteiger partial charge in [0.2, 0.25) is 0 Å². The summed E-state index contributed by atoms with van der Waals surface area (Å²) < 4.78 is 7.25. The summed E-state index contributed by atoms with van der Waals surface area (Å²) in [5, 5.41) is 31.1. The van der Waals surface area contributed by atoms with Crippen molar-refractivity contribution >= 4 is 0 Å². The number of hydrogen-bond donors (Lipinski definition) is 1. The Bertz CT molecular complexity index is 914. The van der Waals surface area contributed by atoms with E-state index in [4.69, 9.17) is 10.00 Å². The Morgan fingerprint density at radius 3 is 2.54 bits per heavy atom. The molecule has 0 amide bonds. The van der Waals surface area contributed by atoms with Crippen LogP contribution in [0.1, 0.15) is 24.1 Å². The summed E-state index contributed by atoms with van der Waals surface area (Å²) in [7, 11) is 0. The van der Waals surface area contributed by atoms with Crippen molar-refractivity contribution in [2.45, 2.75) is 25.0 Å². The number of aliphatic hydroxyl groups is 1. The van der Waals surface area contributed by atoms with Crippen LogP contribution in [0.15, 0.2) is 48.9 Å². The predicted molar refractivity (Wildman–Crippen MR) is 89.9 cm³/mol. The molecule has 26 heavy (non-hydrogen) atoms. The lowest BCUT2D eigenvalue weighted by Gasteiger charge is -2.27. The third kappa shape index (κ3) is 3.25. The number of nitrogens with zero attached hydrogens (tertiary/aromatic N) is 6. The lowest BCUT2D eigenvalue weighted by atomic mass is 9.93. The molecule has 8 nitrogen and oxygen atoms in total. The highest BCUT2D eigenvalue weighted by molar-refractivity contribution is 5.37. The number of nitriles is 1. The van der Waals surface area contributed by atoms with E-state index >= 15 is 0 Å². The van der Waals surface area contributed by atoms with E-state index in [1.54, 1.807) is 42.6 Å². The Hall–Kier alpha value is -3.31. The second-order valence-corrected chi connectivity index (χ2v) is 6.32. The third-order valence-electron chi connectivity index (χ3n) is 4.45. The normalized spacial score (nSPS) is 15.8. The average molecular weight is 348 g/mol. The van der Waals surface area contributed by atoms with E-state index in [1.807, 2.05) is 0 Å². The second-order valence-electron chi connectivity index (χ2n) is 6.32. The molecule has 0 aliphatic heterocycles. The molecule has 0 radical (unpaired) electrons. The van der Waals surface area contributed by atoms with Gasteiger partial charge in [0.05, 0.1) is 30.1 Å². The van der Waals surface area contributed by atoms with Gasteiger partial charge >= 0.3 is 0 Å². The largest absolute Gasteiger partial charge is 0.456 e. The molecular weight excluding hydrogens is 332 g/mol. The molecule has 3 aromatic rings. The highest BCUT2D eigenvalue weighted by Crippen LogP contribution is 2.46. The van der Waals surface area contributed by atoms with E-state index in [1.165, 1.54) is 11.0 Å². The predicted octanol–water partition coefficient (Wildman–Crippen LogP) is 2.03. The van der Waals surface area contributed by atoms with Gasteiger partial charge in [0.15, 0.2) is 0 Å². The summed E-state index contributed by atoms with van der Waals surface area (Å²) in [5.41, 5.74) is 0.0353. The van der Waals surface area contributed by atoms with Crippen molar-refractivity contribution in [3.8, 4) is 17.6 Å². The zero-order chi connectivity index (χ0) is 18.0. The first-order valence-electron chi connectivity index (χ1n) is 8.25. The lowest BCUT2D eigenvalue weighted by Crippen LogP contribution is -2.35. The Morgan fingerprint density at radius 2 is 1.96 bits per heavy atom. The molecule has 0 saturated heterocycles. The summed E-state index contributed by atoms with van der Waals surface area (Å²) in [4.78, 5) is 4.41. The van der Waals surface area contributed by atoms with Gasteiger partial charge in [0, 0.05) is 0 Å². The Kier molecular flexibility index (Phi) is 4.07. The van der Waals surface area contributed by atoms with Crippen LogP contribution in [0, 0.1) is 17.2 Å². The molecule has 1 saturated carbocycles. The number of benzene rings is 1. The van der Waals surface area contributed by atoms with E-state index < -0.39 is 5.60 Å². The molecule has 1 aliphatic rings. The summed E-state index contributed by atoms with van der Waals surface area (Å²) in [6.45, 7) is 0.257. The maximum atomic E-state index is 11.2. The fraction of sp³-hybridized carbons (Fsp3) is 0.278. The van der Waals surface area contributed by atoms with Crippen LogP contribution in [0.25, 0.3) is 0 Å². The van der Waals surface area contributed by atoms with Gasteiger partial charge in [-0.3, -0.25) is 4.98 Å². The van der Waals surface area contributed by atoms with Crippen molar-refractivity contribution in [1.82, 2.24) is 25.2 Å². The van der Waals surface area contributed by atoms with Crippen LogP contribution in [0.5, 0.6) is 11.5 Å². The van der Waals surface area contributed by atoms with Crippen LogP contribution < -0.4 is 4.74 Å². The average Bonchev–Trinajstić information content (AvgIpc) is 3.42. The maximum Gasteiger partial charge on any atom is 0.145 e. The summed E-state index contributed by atoms with van der Waals surface area (Å²) in [5.74, 6) is 1.31. The van der Waals surface area contributed by atoms with Crippen molar-refractivity contribution in [2.75, 3.05) is 0 Å². The van der Waals surface area contributed by atoms with E-state index in [0.717, 1.165) is 12.8 Å². The van der Waals surface area contributed by atoms with E-state index in [9.17, 15) is 5.11 Å². The molecule has 1 atom stereocenters. The van der Waals surface area contributed by atoms with Gasteiger partial charge in [-0.15, -0.1) is 5.10 Å². The van der Waals surface area contributed by atoms with Crippen LogP contribution in [-0.2, 0) is 12.1 Å². The quantitative estimate of drug-likeness (QED) is 0.725. The maximum absolute atomic E-state index is 11.2. The van der Waals surface area contributed by atoms with Gasteiger partial charge in [0.1, 0.15) is 23.4 Å². The van der Waals surface area contributed by atoms with E-state index in [0.29, 0.717) is 22.8 Å². The van der Waals surface area contributed by atoms with Crippen LogP contribution in [0.4, 0.5) is 0 Å². The van der Waals surface area contributed by atoms with Crippen molar-refractivity contribution in [2.24, 2.45) is 5.92 Å². The minimum atomic E-state index is -1.11. The van der Waals surface area contributed by atoms with Crippen molar-refractivity contribution in [1.29, 1.82) is 5.26 Å². The fourth-order valence-corrected chi connectivity index (χ4v) is 2.91. The van der Waals surface area contributed by atoms with Gasteiger partial charge in [0.25, 0.3) is 0 Å². The van der Waals surface area contributed by atoms with Gasteiger partial charge in [-0.25, -0.2) is 4.68 Å². The molecule has 0 spiro atoms. The smallest absolute Gasteiger partial charge is 0.145 e. The molecule has 130 valence electrons. The topological polar surface area (TPSA) is 110 Å². The first-order valence-corrected chi connectivity index (χ1v) is 8.25. The number of rotatable bonds is 6. The SMILES string of the molecule is N#Cc1ccc(Oc2ccc(C(O)(Cn3cnnn3)C3CC3)nc2)cc1. The Balaban J connectivity index is 1.52. The molecular formula is C18H16N6O2. The molecule has 1 aliphatic carbocycles. The molecule has 1 fully saturated rings. The second kappa shape index (κ2) is 6.54. The minimum absolute atomic E-state index is 0.143. The molecule has 2 aromatic heterocycles. The molecule has 4 rings (SSSR count). The fourth-order valence-electron chi connectivity index (χ4n) is 2.91. The molecule has 1 aromatic carbocycles. The third-order valence-corrected chi connectivity index (χ3v) is 4.45. The van der Waals surface area contributed by atoms with Crippen LogP contribution in [0.3, 0.4) is 0 Å². The standard InChI is InChI=1S/C18H16N6O2/c19-9-13-1-5-15(6-2-13)26-16-7-8-17(20-10-16)18(25,14-3-4-14)11-24-12-21-22-23-24/h1-2,5-8,10,12,14,25H,3-4,11H2. The number of aromatic nitrogens is 5. The number of tetrazole rings is 1. The first-order chi connectivity index (χ1) is 12.7. The van der Waals surface area contributed by atoms with Crippen molar-refractivity contribution in [3.63, 3.8) is 0 Å². The minimum Gasteiger partial charge on any atom is -0.456 e. The molecule has 2 heterocycles. The van der Waals surface area contributed by atoms with Gasteiger partial charge in [-0.2, -0.15) is 5.26 Å². The lowest BCUT2D eigenvalue weighted by molar-refractivity contribution is -0.0122. The number of hydrogen-bond acceptors (Lipinski definition) is 7. The molecule has 0 bridgehead atoms. The van der Waals surface area contributed by atoms with Crippen molar-refractivity contribution in [3.05, 3.63) is 60.2 Å². The zero-order valence-corrected chi connectivity index (χ0v) is 13.9. The highest BCUT2D eigenvalue weighted by atomic mass is 16.5. The molecule has 1 N–H and O–H groups in total. The number of ether oxygens (including phenoxy) is 1. The summed E-state index contributed by atoms with van der Waals surface area (Å²) >= 11 is 0. The molecule has 8 heteroatoms. The van der Waals surface area contributed by atoms with Crippen LogP contribution >= 0.6 is 0 Å². The number of pyridine rings is 1. The summed E-state index contributed by atoms with van der Waals surface area (Å²) in [6.07, 6.45) is 4.96. The van der Waals surface area contributed by atoms with E-state index in [2.05, 4.69) is 26.6 Å². The van der Waals surface area contributed by atoms with Gasteiger partial charge < -0.3 is 9.84 Å². The van der Waals surface area contributed by atoms with Crippen LogP contribution in [0.2, 0.25) is 0 Å². The Morgan fingerprint density at radius 1 is 1.19 bits per heavy atom. The first kappa shape index (κ1) is 16.2. The monoisotopic (exact) mass is 348 g/mol. The Labute approximate surface area is 149 Å². The highest BCUT2D eigenvalue weighted by Gasteiger charge is 2.46. The molecule has 1 unspecified atom stereocenters. The van der Waals surface area contributed by atoms with Gasteiger partial charge in [-0.05, 0) is 65.6 Å². The van der Waals surface area contributed by atoms with Crippen molar-refractivity contribution < 1.29 is 9.84 Å². The summed E-state index contributed by atoms with van der Waals surface area (Å²) in [6, 6.07) is 12.4. The van der Waals surface area contributed by atoms with E-state index in [-0.39, 0.29) is 12.5 Å².